The van der Waals surface area contributed by atoms with Crippen molar-refractivity contribution in [3.05, 3.63) is 30.1 Å². The lowest BCUT2D eigenvalue weighted by atomic mass is 10.1. The number of halogens is 3. The van der Waals surface area contributed by atoms with E-state index in [0.717, 1.165) is 0 Å². The SMILES string of the molecule is CC(C)C(=O)OC[C@H]1O[C@@H]([n+]2cccc(C(N)=O)c2)[C@H](OC(=O)C(C)C)[C@@H]1OC(=O)C(C)C.O=S(=O)([O-])C(F)(F)F. The van der Waals surface area contributed by atoms with Gasteiger partial charge in [0.1, 0.15) is 18.3 Å². The minimum atomic E-state index is -6.09. The van der Waals surface area contributed by atoms with E-state index in [0.29, 0.717) is 0 Å². The highest BCUT2D eigenvalue weighted by Crippen LogP contribution is 2.32. The van der Waals surface area contributed by atoms with Crippen LogP contribution in [0.5, 0.6) is 0 Å². The standard InChI is InChI=1S/C23H32N2O8.CHF3O3S/c1-12(2)21(27)30-11-16-17(32-22(28)13(3)4)18(33-23(29)14(5)6)20(31-16)25-9-7-8-15(10-25)19(24)26;2-1(3,4)8(5,6)7/h7-10,12-14,16-18,20H,11H2,1-6H3,(H-,24,26);(H,5,6,7)/t16-,17-,18-,20-;/m1./s1. The molecular formula is C24H33F3N2O11S. The number of alkyl halides is 3. The molecule has 1 aliphatic rings. The molecule has 0 spiro atoms. The number of amides is 1. The Morgan fingerprint density at radius 3 is 1.85 bits per heavy atom. The Bertz CT molecular complexity index is 1200. The van der Waals surface area contributed by atoms with Crippen molar-refractivity contribution < 1.29 is 68.8 Å². The van der Waals surface area contributed by atoms with Crippen LogP contribution in [-0.2, 0) is 43.4 Å². The third-order valence-corrected chi connectivity index (χ3v) is 5.84. The number of ether oxygens (including phenoxy) is 4. The van der Waals surface area contributed by atoms with E-state index in [2.05, 4.69) is 0 Å². The number of nitrogens with two attached hydrogens (primary N) is 1. The lowest BCUT2D eigenvalue weighted by molar-refractivity contribution is -0.765. The van der Waals surface area contributed by atoms with Crippen molar-refractivity contribution in [3.8, 4) is 0 Å². The summed E-state index contributed by atoms with van der Waals surface area (Å²) in [7, 11) is -6.09. The fourth-order valence-electron chi connectivity index (χ4n) is 3.02. The summed E-state index contributed by atoms with van der Waals surface area (Å²) < 4.78 is 83.2. The highest BCUT2D eigenvalue weighted by molar-refractivity contribution is 7.86. The van der Waals surface area contributed by atoms with Gasteiger partial charge in [0.25, 0.3) is 5.91 Å². The Kier molecular flexibility index (Phi) is 12.7. The van der Waals surface area contributed by atoms with Crippen molar-refractivity contribution >= 4 is 33.9 Å². The van der Waals surface area contributed by atoms with E-state index in [1.165, 1.54) is 16.8 Å². The van der Waals surface area contributed by atoms with Crippen molar-refractivity contribution in [1.82, 2.24) is 0 Å². The van der Waals surface area contributed by atoms with Crippen LogP contribution in [0.15, 0.2) is 24.5 Å². The van der Waals surface area contributed by atoms with Crippen molar-refractivity contribution in [2.45, 2.75) is 71.6 Å². The molecule has 1 aliphatic heterocycles. The normalized spacial score (nSPS) is 20.8. The molecule has 0 bridgehead atoms. The zero-order valence-electron chi connectivity index (χ0n) is 23.1. The molecule has 2 rings (SSSR count). The number of pyridine rings is 1. The third-order valence-electron chi connectivity index (χ3n) is 5.28. The second-order valence-corrected chi connectivity index (χ2v) is 11.1. The first-order chi connectivity index (χ1) is 18.7. The number of carbonyl (C=O) groups excluding carboxylic acids is 4. The van der Waals surface area contributed by atoms with Crippen molar-refractivity contribution in [2.75, 3.05) is 6.61 Å². The number of hydrogen-bond donors (Lipinski definition) is 1. The maximum atomic E-state index is 12.5. The van der Waals surface area contributed by atoms with Gasteiger partial charge in [-0.3, -0.25) is 19.2 Å². The van der Waals surface area contributed by atoms with Gasteiger partial charge in [0.2, 0.25) is 6.10 Å². The molecule has 0 aromatic carbocycles. The maximum Gasteiger partial charge on any atom is 0.485 e. The summed E-state index contributed by atoms with van der Waals surface area (Å²) in [6.07, 6.45) is -0.907. The Hall–Kier alpha value is -3.31. The summed E-state index contributed by atoms with van der Waals surface area (Å²) in [4.78, 5) is 48.6. The van der Waals surface area contributed by atoms with Crippen LogP contribution in [0.3, 0.4) is 0 Å². The number of hydrogen-bond acceptors (Lipinski definition) is 11. The molecule has 2 N–H and O–H groups in total. The summed E-state index contributed by atoms with van der Waals surface area (Å²) in [6, 6.07) is 3.12. The van der Waals surface area contributed by atoms with Gasteiger partial charge in [-0.2, -0.15) is 17.7 Å². The smallest absolute Gasteiger partial charge is 0.485 e. The van der Waals surface area contributed by atoms with Gasteiger partial charge >= 0.3 is 29.6 Å². The summed E-state index contributed by atoms with van der Waals surface area (Å²) in [5, 5.41) is 0. The largest absolute Gasteiger partial charge is 0.741 e. The van der Waals surface area contributed by atoms with E-state index in [9.17, 15) is 32.3 Å². The molecule has 1 aromatic rings. The molecule has 41 heavy (non-hydrogen) atoms. The van der Waals surface area contributed by atoms with E-state index in [1.807, 2.05) is 0 Å². The van der Waals surface area contributed by atoms with Crippen LogP contribution in [0.2, 0.25) is 0 Å². The van der Waals surface area contributed by atoms with Crippen molar-refractivity contribution in [2.24, 2.45) is 23.5 Å². The van der Waals surface area contributed by atoms with Crippen LogP contribution < -0.4 is 10.3 Å². The second-order valence-electron chi connectivity index (χ2n) is 9.77. The maximum absolute atomic E-state index is 12.5. The topological polar surface area (TPSA) is 192 Å². The summed E-state index contributed by atoms with van der Waals surface area (Å²) in [5.41, 5.74) is -0.0429. The molecule has 4 atom stereocenters. The molecule has 1 fully saturated rings. The number of rotatable bonds is 9. The first kappa shape index (κ1) is 35.7. The van der Waals surface area contributed by atoms with Gasteiger partial charge in [-0.15, -0.1) is 0 Å². The Morgan fingerprint density at radius 1 is 0.976 bits per heavy atom. The molecule has 1 saturated heterocycles. The molecule has 13 nitrogen and oxygen atoms in total. The van der Waals surface area contributed by atoms with Gasteiger partial charge in [-0.25, -0.2) is 8.42 Å². The minimum Gasteiger partial charge on any atom is -0.741 e. The van der Waals surface area contributed by atoms with Crippen LogP contribution in [0.4, 0.5) is 13.2 Å². The van der Waals surface area contributed by atoms with Gasteiger partial charge in [-0.05, 0) is 6.07 Å². The van der Waals surface area contributed by atoms with Gasteiger partial charge in [-0.1, -0.05) is 41.5 Å². The zero-order chi connectivity index (χ0) is 31.9. The van der Waals surface area contributed by atoms with Gasteiger partial charge in [0.15, 0.2) is 28.6 Å². The van der Waals surface area contributed by atoms with E-state index in [-0.39, 0.29) is 18.1 Å². The van der Waals surface area contributed by atoms with E-state index >= 15 is 0 Å². The van der Waals surface area contributed by atoms with Crippen LogP contribution in [0, 0.1) is 17.8 Å². The minimum absolute atomic E-state index is 0.209. The Labute approximate surface area is 234 Å². The average Bonchev–Trinajstić information content (AvgIpc) is 3.18. The Morgan fingerprint density at radius 2 is 1.44 bits per heavy atom. The van der Waals surface area contributed by atoms with Crippen LogP contribution in [-0.4, -0.2) is 67.2 Å². The third kappa shape index (κ3) is 10.6. The van der Waals surface area contributed by atoms with Crippen LogP contribution in [0.1, 0.15) is 58.1 Å². The molecule has 17 heteroatoms. The van der Waals surface area contributed by atoms with E-state index < -0.39 is 75.8 Å². The quantitative estimate of drug-likeness (QED) is 0.139. The van der Waals surface area contributed by atoms with Gasteiger partial charge < -0.3 is 29.2 Å². The van der Waals surface area contributed by atoms with Crippen LogP contribution in [0.25, 0.3) is 0 Å². The fraction of sp³-hybridized carbons (Fsp3) is 0.625. The number of nitrogens with zero attached hydrogens (tertiary/aromatic N) is 1. The monoisotopic (exact) mass is 614 g/mol. The summed E-state index contributed by atoms with van der Waals surface area (Å²) in [6.45, 7) is 9.85. The number of esters is 3. The molecule has 0 aliphatic carbocycles. The Balaban J connectivity index is 0.000000915. The average molecular weight is 615 g/mol. The lowest BCUT2D eigenvalue weighted by Crippen LogP contribution is -2.49. The van der Waals surface area contributed by atoms with Crippen LogP contribution >= 0.6 is 0 Å². The summed E-state index contributed by atoms with van der Waals surface area (Å²) in [5.74, 6) is -3.41. The molecular weight excluding hydrogens is 581 g/mol. The van der Waals surface area contributed by atoms with E-state index in [1.54, 1.807) is 53.8 Å². The molecule has 232 valence electrons. The predicted molar refractivity (Wildman–Crippen MR) is 130 cm³/mol. The molecule has 2 heterocycles. The fourth-order valence-corrected chi connectivity index (χ4v) is 3.02. The highest BCUT2D eigenvalue weighted by Gasteiger charge is 2.55. The summed E-state index contributed by atoms with van der Waals surface area (Å²) >= 11 is 0. The van der Waals surface area contributed by atoms with Gasteiger partial charge in [0, 0.05) is 6.07 Å². The number of aromatic nitrogens is 1. The number of primary amides is 1. The lowest BCUT2D eigenvalue weighted by Gasteiger charge is -2.24. The molecule has 1 aromatic heterocycles. The first-order valence-corrected chi connectivity index (χ1v) is 13.6. The predicted octanol–water partition coefficient (Wildman–Crippen LogP) is 1.36. The van der Waals surface area contributed by atoms with E-state index in [4.69, 9.17) is 37.7 Å². The zero-order valence-corrected chi connectivity index (χ0v) is 23.9. The molecule has 1 amide bonds. The first-order valence-electron chi connectivity index (χ1n) is 12.2. The second kappa shape index (κ2) is 14.5. The van der Waals surface area contributed by atoms with Crippen molar-refractivity contribution in [1.29, 1.82) is 0 Å². The molecule has 0 saturated carbocycles. The van der Waals surface area contributed by atoms with Crippen molar-refractivity contribution in [3.63, 3.8) is 0 Å². The van der Waals surface area contributed by atoms with Gasteiger partial charge in [0.05, 0.1) is 17.8 Å². The number of carbonyl (C=O) groups is 4. The molecule has 0 radical (unpaired) electrons. The molecule has 0 unspecified atom stereocenters. The highest BCUT2D eigenvalue weighted by atomic mass is 32.2.